The van der Waals surface area contributed by atoms with Gasteiger partial charge in [0, 0.05) is 30.8 Å². The molecule has 0 saturated heterocycles. The highest BCUT2D eigenvalue weighted by molar-refractivity contribution is 7.80. The zero-order valence-electron chi connectivity index (χ0n) is 14.1. The first-order valence-electron chi connectivity index (χ1n) is 8.41. The Kier molecular flexibility index (Phi) is 5.58. The molecule has 1 fully saturated rings. The molecule has 0 bridgehead atoms. The second-order valence-corrected chi connectivity index (χ2v) is 6.76. The molecule has 1 aliphatic rings. The van der Waals surface area contributed by atoms with Crippen LogP contribution in [0.1, 0.15) is 28.8 Å². The fraction of sp³-hybridized carbons (Fsp3) is 0.263. The summed E-state index contributed by atoms with van der Waals surface area (Å²) in [5, 5.41) is 13.8. The minimum Gasteiger partial charge on any atom is -0.344 e. The van der Waals surface area contributed by atoms with Crippen LogP contribution in [0, 0.1) is 16.0 Å². The van der Waals surface area contributed by atoms with E-state index in [0.29, 0.717) is 23.1 Å². The van der Waals surface area contributed by atoms with E-state index in [1.807, 2.05) is 35.2 Å². The van der Waals surface area contributed by atoms with Gasteiger partial charge < -0.3 is 4.90 Å². The number of nitrogens with one attached hydrogen (secondary N) is 1. The number of nitro groups is 1. The van der Waals surface area contributed by atoms with Crippen molar-refractivity contribution < 1.29 is 9.72 Å². The molecule has 1 aliphatic carbocycles. The topological polar surface area (TPSA) is 75.5 Å². The summed E-state index contributed by atoms with van der Waals surface area (Å²) in [6.07, 6.45) is 2.37. The molecule has 3 rings (SSSR count). The molecule has 0 heterocycles. The average Bonchev–Trinajstić information content (AvgIpc) is 3.46. The van der Waals surface area contributed by atoms with Gasteiger partial charge in [-0.05, 0) is 48.7 Å². The number of hydrogen-bond acceptors (Lipinski definition) is 4. The quantitative estimate of drug-likeness (QED) is 0.479. The fourth-order valence-electron chi connectivity index (χ4n) is 2.62. The van der Waals surface area contributed by atoms with Crippen molar-refractivity contribution in [2.75, 3.05) is 6.54 Å². The number of nitrogens with zero attached hydrogens (tertiary/aromatic N) is 2. The van der Waals surface area contributed by atoms with Crippen molar-refractivity contribution in [3.63, 3.8) is 0 Å². The van der Waals surface area contributed by atoms with Gasteiger partial charge in [0.2, 0.25) is 0 Å². The van der Waals surface area contributed by atoms with Crippen LogP contribution >= 0.6 is 12.2 Å². The molecule has 2 aromatic rings. The normalized spacial score (nSPS) is 13.1. The molecule has 134 valence electrons. The molecule has 7 heteroatoms. The largest absolute Gasteiger partial charge is 0.344 e. The molecule has 1 amide bonds. The molecule has 0 unspecified atom stereocenters. The van der Waals surface area contributed by atoms with E-state index in [1.165, 1.54) is 37.1 Å². The molecule has 2 aromatic carbocycles. The maximum Gasteiger partial charge on any atom is 0.269 e. The molecule has 0 radical (unpaired) electrons. The second-order valence-electron chi connectivity index (χ2n) is 6.37. The first-order chi connectivity index (χ1) is 12.5. The molecule has 0 aliphatic heterocycles. The summed E-state index contributed by atoms with van der Waals surface area (Å²) >= 11 is 5.45. The SMILES string of the molecule is O=C(NC(=S)N(Cc1ccccc1)CC1CC1)c1ccc([N+](=O)[O-])cc1. The van der Waals surface area contributed by atoms with Gasteiger partial charge in [-0.15, -0.1) is 0 Å². The van der Waals surface area contributed by atoms with Crippen molar-refractivity contribution in [3.05, 3.63) is 75.8 Å². The molecule has 1 saturated carbocycles. The Bertz CT molecular complexity index is 805. The van der Waals surface area contributed by atoms with Gasteiger partial charge in [0.15, 0.2) is 5.11 Å². The van der Waals surface area contributed by atoms with E-state index in [4.69, 9.17) is 12.2 Å². The molecule has 1 N–H and O–H groups in total. The first kappa shape index (κ1) is 18.0. The number of carbonyl (C=O) groups excluding carboxylic acids is 1. The number of nitro benzene ring substituents is 1. The zero-order chi connectivity index (χ0) is 18.5. The van der Waals surface area contributed by atoms with Gasteiger partial charge >= 0.3 is 0 Å². The number of amides is 1. The van der Waals surface area contributed by atoms with Crippen LogP contribution in [0.3, 0.4) is 0 Å². The van der Waals surface area contributed by atoms with Crippen LogP contribution in [0.15, 0.2) is 54.6 Å². The molecule has 0 aromatic heterocycles. The molecule has 26 heavy (non-hydrogen) atoms. The summed E-state index contributed by atoms with van der Waals surface area (Å²) in [5.41, 5.74) is 1.41. The third-order valence-electron chi connectivity index (χ3n) is 4.24. The summed E-state index contributed by atoms with van der Waals surface area (Å²) in [6, 6.07) is 15.4. The summed E-state index contributed by atoms with van der Waals surface area (Å²) < 4.78 is 0. The van der Waals surface area contributed by atoms with Crippen LogP contribution in [0.2, 0.25) is 0 Å². The predicted molar refractivity (Wildman–Crippen MR) is 103 cm³/mol. The summed E-state index contributed by atoms with van der Waals surface area (Å²) in [5.74, 6) is 0.256. The maximum atomic E-state index is 12.4. The van der Waals surface area contributed by atoms with Crippen LogP contribution in [-0.2, 0) is 6.54 Å². The van der Waals surface area contributed by atoms with E-state index in [-0.39, 0.29) is 11.6 Å². The van der Waals surface area contributed by atoms with Crippen molar-refractivity contribution in [1.29, 1.82) is 0 Å². The maximum absolute atomic E-state index is 12.4. The second kappa shape index (κ2) is 8.05. The summed E-state index contributed by atoms with van der Waals surface area (Å²) in [7, 11) is 0. The van der Waals surface area contributed by atoms with Gasteiger partial charge in [-0.2, -0.15) is 0 Å². The van der Waals surface area contributed by atoms with E-state index in [9.17, 15) is 14.9 Å². The van der Waals surface area contributed by atoms with E-state index in [0.717, 1.165) is 12.1 Å². The van der Waals surface area contributed by atoms with Gasteiger partial charge in [-0.1, -0.05) is 30.3 Å². The third kappa shape index (κ3) is 4.86. The minimum absolute atomic E-state index is 0.0523. The van der Waals surface area contributed by atoms with Crippen LogP contribution < -0.4 is 5.32 Å². The monoisotopic (exact) mass is 369 g/mol. The van der Waals surface area contributed by atoms with E-state index < -0.39 is 4.92 Å². The Balaban J connectivity index is 1.66. The number of hydrogen-bond donors (Lipinski definition) is 1. The van der Waals surface area contributed by atoms with Crippen molar-refractivity contribution in [1.82, 2.24) is 10.2 Å². The predicted octanol–water partition coefficient (Wildman–Crippen LogP) is 3.52. The van der Waals surface area contributed by atoms with Gasteiger partial charge in [-0.3, -0.25) is 20.2 Å². The molecule has 0 spiro atoms. The highest BCUT2D eigenvalue weighted by atomic mass is 32.1. The van der Waals surface area contributed by atoms with Crippen molar-refractivity contribution in [2.24, 2.45) is 5.92 Å². The Morgan fingerprint density at radius 3 is 2.38 bits per heavy atom. The highest BCUT2D eigenvalue weighted by Gasteiger charge is 2.26. The van der Waals surface area contributed by atoms with Gasteiger partial charge in [0.05, 0.1) is 4.92 Å². The Labute approximate surface area is 157 Å². The lowest BCUT2D eigenvalue weighted by molar-refractivity contribution is -0.384. The van der Waals surface area contributed by atoms with Crippen molar-refractivity contribution in [3.8, 4) is 0 Å². The molecule has 6 nitrogen and oxygen atoms in total. The smallest absolute Gasteiger partial charge is 0.269 e. The average molecular weight is 369 g/mol. The first-order valence-corrected chi connectivity index (χ1v) is 8.82. The van der Waals surface area contributed by atoms with Gasteiger partial charge in [0.25, 0.3) is 11.6 Å². The van der Waals surface area contributed by atoms with Crippen LogP contribution in [0.5, 0.6) is 0 Å². The fourth-order valence-corrected chi connectivity index (χ4v) is 2.85. The number of rotatable bonds is 6. The molecule has 0 atom stereocenters. The number of benzene rings is 2. The lowest BCUT2D eigenvalue weighted by atomic mass is 10.2. The highest BCUT2D eigenvalue weighted by Crippen LogP contribution is 2.30. The lowest BCUT2D eigenvalue weighted by Gasteiger charge is -2.25. The van der Waals surface area contributed by atoms with Gasteiger partial charge in [-0.25, -0.2) is 0 Å². The van der Waals surface area contributed by atoms with Crippen molar-refractivity contribution >= 4 is 28.9 Å². The number of non-ortho nitro benzene ring substituents is 1. The van der Waals surface area contributed by atoms with Gasteiger partial charge in [0.1, 0.15) is 0 Å². The van der Waals surface area contributed by atoms with Crippen LogP contribution in [-0.4, -0.2) is 27.4 Å². The van der Waals surface area contributed by atoms with Crippen LogP contribution in [0.4, 0.5) is 5.69 Å². The van der Waals surface area contributed by atoms with E-state index in [1.54, 1.807) is 0 Å². The molecular formula is C19H19N3O3S. The zero-order valence-corrected chi connectivity index (χ0v) is 14.9. The third-order valence-corrected chi connectivity index (χ3v) is 4.60. The minimum atomic E-state index is -0.496. The Morgan fingerprint density at radius 1 is 1.15 bits per heavy atom. The summed E-state index contributed by atoms with van der Waals surface area (Å²) in [6.45, 7) is 1.45. The standard InChI is InChI=1S/C19H19N3O3S/c23-18(16-8-10-17(11-9-16)22(24)25)20-19(26)21(13-15-6-7-15)12-14-4-2-1-3-5-14/h1-5,8-11,15H,6-7,12-13H2,(H,20,23,26). The number of thiocarbonyl (C=S) groups is 1. The Hall–Kier alpha value is -2.80. The van der Waals surface area contributed by atoms with Crippen LogP contribution in [0.25, 0.3) is 0 Å². The Morgan fingerprint density at radius 2 is 1.81 bits per heavy atom. The van der Waals surface area contributed by atoms with E-state index >= 15 is 0 Å². The van der Waals surface area contributed by atoms with Crippen molar-refractivity contribution in [2.45, 2.75) is 19.4 Å². The summed E-state index contributed by atoms with van der Waals surface area (Å²) in [4.78, 5) is 24.6. The van der Waals surface area contributed by atoms with E-state index in [2.05, 4.69) is 5.32 Å². The molecular weight excluding hydrogens is 350 g/mol. The number of carbonyl (C=O) groups is 1. The lowest BCUT2D eigenvalue weighted by Crippen LogP contribution is -2.43.